The minimum absolute atomic E-state index is 0.337. The van der Waals surface area contributed by atoms with E-state index in [2.05, 4.69) is 11.3 Å². The molecule has 0 aromatic rings. The van der Waals surface area contributed by atoms with Gasteiger partial charge in [-0.2, -0.15) is 0 Å². The summed E-state index contributed by atoms with van der Waals surface area (Å²) < 4.78 is 4.65. The molecule has 2 aliphatic heterocycles. The second-order valence-corrected chi connectivity index (χ2v) is 3.34. The second kappa shape index (κ2) is 3.31. The van der Waals surface area contributed by atoms with Crippen molar-refractivity contribution in [1.82, 2.24) is 10.0 Å². The predicted molar refractivity (Wildman–Crippen MR) is 56.1 cm³/mol. The Morgan fingerprint density at radius 2 is 2.20 bits per heavy atom. The lowest BCUT2D eigenvalue weighted by Gasteiger charge is -2.28. The molecule has 0 aromatic carbocycles. The molecule has 78 valence electrons. The minimum atomic E-state index is -0.337. The topological polar surface area (TPSA) is 32.8 Å². The van der Waals surface area contributed by atoms with Crippen LogP contribution in [0.4, 0.5) is 0 Å². The van der Waals surface area contributed by atoms with E-state index in [9.17, 15) is 4.79 Å². The predicted octanol–water partition coefficient (Wildman–Crippen LogP) is 1.17. The second-order valence-electron chi connectivity index (χ2n) is 3.34. The maximum Gasteiger partial charge on any atom is 0.339 e. The SMILES string of the molecule is C=C1C=C2C=CC(C(=O)OC)=CN2N1C. The molecule has 0 aliphatic carbocycles. The van der Waals surface area contributed by atoms with Gasteiger partial charge in [-0.15, -0.1) is 0 Å². The van der Waals surface area contributed by atoms with E-state index in [-0.39, 0.29) is 5.97 Å². The van der Waals surface area contributed by atoms with Crippen molar-refractivity contribution in [3.8, 4) is 0 Å². The van der Waals surface area contributed by atoms with Crippen molar-refractivity contribution in [1.29, 1.82) is 0 Å². The Morgan fingerprint density at radius 1 is 1.47 bits per heavy atom. The average molecular weight is 204 g/mol. The van der Waals surface area contributed by atoms with Crippen LogP contribution in [0.15, 0.2) is 48.0 Å². The molecule has 4 nitrogen and oxygen atoms in total. The van der Waals surface area contributed by atoms with E-state index in [1.54, 1.807) is 12.3 Å². The number of fused-ring (bicyclic) bond motifs is 1. The fraction of sp³-hybridized carbons (Fsp3) is 0.182. The van der Waals surface area contributed by atoms with Gasteiger partial charge in [0.15, 0.2) is 0 Å². The first kappa shape index (κ1) is 9.58. The molecule has 0 saturated heterocycles. The maximum absolute atomic E-state index is 11.3. The highest BCUT2D eigenvalue weighted by atomic mass is 16.5. The first-order valence-corrected chi connectivity index (χ1v) is 4.55. The smallest absolute Gasteiger partial charge is 0.339 e. The van der Waals surface area contributed by atoms with Crippen molar-refractivity contribution in [2.75, 3.05) is 14.2 Å². The van der Waals surface area contributed by atoms with Crippen molar-refractivity contribution >= 4 is 5.97 Å². The molecule has 0 atom stereocenters. The third-order valence-corrected chi connectivity index (χ3v) is 2.43. The summed E-state index contributed by atoms with van der Waals surface area (Å²) in [5.74, 6) is -0.337. The van der Waals surface area contributed by atoms with Gasteiger partial charge < -0.3 is 4.74 Å². The lowest BCUT2D eigenvalue weighted by atomic mass is 10.2. The van der Waals surface area contributed by atoms with Gasteiger partial charge in [0.25, 0.3) is 0 Å². The normalized spacial score (nSPS) is 18.7. The van der Waals surface area contributed by atoms with Crippen molar-refractivity contribution < 1.29 is 9.53 Å². The molecule has 0 N–H and O–H groups in total. The number of hydrogen-bond donors (Lipinski definition) is 0. The molecule has 0 fully saturated rings. The molecule has 2 rings (SSSR count). The number of rotatable bonds is 1. The summed E-state index contributed by atoms with van der Waals surface area (Å²) in [6, 6.07) is 0. The Bertz CT molecular complexity index is 418. The Morgan fingerprint density at radius 3 is 2.87 bits per heavy atom. The fourth-order valence-electron chi connectivity index (χ4n) is 1.52. The molecule has 0 spiro atoms. The number of ether oxygens (including phenoxy) is 1. The van der Waals surface area contributed by atoms with E-state index in [4.69, 9.17) is 0 Å². The lowest BCUT2D eigenvalue weighted by Crippen LogP contribution is -2.30. The van der Waals surface area contributed by atoms with Gasteiger partial charge in [0.1, 0.15) is 0 Å². The molecule has 15 heavy (non-hydrogen) atoms. The van der Waals surface area contributed by atoms with Gasteiger partial charge in [-0.25, -0.2) is 4.79 Å². The molecule has 0 saturated carbocycles. The minimum Gasteiger partial charge on any atom is -0.465 e. The van der Waals surface area contributed by atoms with Gasteiger partial charge in [0.2, 0.25) is 0 Å². The quantitative estimate of drug-likeness (QED) is 0.600. The Balaban J connectivity index is 2.31. The van der Waals surface area contributed by atoms with Crippen LogP contribution in [-0.2, 0) is 9.53 Å². The van der Waals surface area contributed by atoms with E-state index in [0.717, 1.165) is 11.4 Å². The highest BCUT2D eigenvalue weighted by Crippen LogP contribution is 2.28. The summed E-state index contributed by atoms with van der Waals surface area (Å²) in [7, 11) is 3.26. The number of nitrogens with zero attached hydrogens (tertiary/aromatic N) is 2. The van der Waals surface area contributed by atoms with E-state index in [1.807, 2.05) is 29.2 Å². The number of carbonyl (C=O) groups excluding carboxylic acids is 1. The number of esters is 1. The molecule has 0 aromatic heterocycles. The van der Waals surface area contributed by atoms with Gasteiger partial charge in [-0.05, 0) is 18.2 Å². The number of allylic oxidation sites excluding steroid dienone is 2. The van der Waals surface area contributed by atoms with Crippen molar-refractivity contribution in [3.05, 3.63) is 48.0 Å². The summed E-state index contributed by atoms with van der Waals surface area (Å²) in [6.45, 7) is 3.88. The van der Waals surface area contributed by atoms with Crippen LogP contribution in [0.3, 0.4) is 0 Å². The number of methoxy groups -OCH3 is 1. The van der Waals surface area contributed by atoms with Gasteiger partial charge >= 0.3 is 5.97 Å². The van der Waals surface area contributed by atoms with E-state index >= 15 is 0 Å². The zero-order valence-electron chi connectivity index (χ0n) is 8.73. The van der Waals surface area contributed by atoms with Crippen LogP contribution in [-0.4, -0.2) is 30.1 Å². The van der Waals surface area contributed by atoms with E-state index in [1.165, 1.54) is 7.11 Å². The zero-order valence-corrected chi connectivity index (χ0v) is 8.73. The monoisotopic (exact) mass is 204 g/mol. The van der Waals surface area contributed by atoms with Crippen LogP contribution < -0.4 is 0 Å². The molecular formula is C11H12N2O2. The third-order valence-electron chi connectivity index (χ3n) is 2.43. The summed E-state index contributed by atoms with van der Waals surface area (Å²) in [5, 5.41) is 3.72. The number of carbonyl (C=O) groups is 1. The molecule has 0 radical (unpaired) electrons. The van der Waals surface area contributed by atoms with Gasteiger partial charge in [0.05, 0.1) is 24.1 Å². The Hall–Kier alpha value is -1.97. The molecule has 2 heterocycles. The summed E-state index contributed by atoms with van der Waals surface area (Å²) in [5.41, 5.74) is 2.41. The van der Waals surface area contributed by atoms with E-state index in [0.29, 0.717) is 5.57 Å². The first-order chi connectivity index (χ1) is 7.13. The van der Waals surface area contributed by atoms with Crippen LogP contribution in [0.25, 0.3) is 0 Å². The molecule has 0 bridgehead atoms. The van der Waals surface area contributed by atoms with Crippen LogP contribution in [0.2, 0.25) is 0 Å². The molecule has 0 unspecified atom stereocenters. The average Bonchev–Trinajstić information content (AvgIpc) is 2.54. The van der Waals surface area contributed by atoms with Gasteiger partial charge in [-0.1, -0.05) is 6.58 Å². The number of hydrazine groups is 1. The molecule has 0 amide bonds. The Kier molecular flexibility index (Phi) is 2.11. The largest absolute Gasteiger partial charge is 0.465 e. The van der Waals surface area contributed by atoms with Crippen molar-refractivity contribution in [2.45, 2.75) is 0 Å². The first-order valence-electron chi connectivity index (χ1n) is 4.55. The summed E-state index contributed by atoms with van der Waals surface area (Å²) in [6.07, 6.45) is 7.28. The van der Waals surface area contributed by atoms with Gasteiger partial charge in [0, 0.05) is 13.2 Å². The summed E-state index contributed by atoms with van der Waals surface area (Å²) >= 11 is 0. The van der Waals surface area contributed by atoms with Crippen molar-refractivity contribution in [3.63, 3.8) is 0 Å². The third kappa shape index (κ3) is 1.44. The van der Waals surface area contributed by atoms with Crippen molar-refractivity contribution in [2.24, 2.45) is 0 Å². The highest BCUT2D eigenvalue weighted by Gasteiger charge is 2.24. The number of hydrogen-bond acceptors (Lipinski definition) is 4. The van der Waals surface area contributed by atoms with E-state index < -0.39 is 0 Å². The van der Waals surface area contributed by atoms with Crippen LogP contribution in [0.1, 0.15) is 0 Å². The molecule has 4 heteroatoms. The number of likely N-dealkylation sites (N-methyl/N-ethyl adjacent to an activating group) is 1. The van der Waals surface area contributed by atoms with Gasteiger partial charge in [-0.3, -0.25) is 10.0 Å². The molecular weight excluding hydrogens is 192 g/mol. The standard InChI is InChI=1S/C11H12N2O2/c1-8-6-10-5-4-9(11(14)15-3)7-13(10)12(8)2/h4-7H,1H2,2-3H3. The Labute approximate surface area is 88.4 Å². The van der Waals surface area contributed by atoms with Crippen LogP contribution in [0.5, 0.6) is 0 Å². The lowest BCUT2D eigenvalue weighted by molar-refractivity contribution is -0.135. The van der Waals surface area contributed by atoms with Crippen LogP contribution >= 0.6 is 0 Å². The highest BCUT2D eigenvalue weighted by molar-refractivity contribution is 5.91. The fourth-order valence-corrected chi connectivity index (χ4v) is 1.52. The molecule has 2 aliphatic rings. The zero-order chi connectivity index (χ0) is 11.0. The summed E-state index contributed by atoms with van der Waals surface area (Å²) in [4.78, 5) is 11.3. The maximum atomic E-state index is 11.3. The van der Waals surface area contributed by atoms with Crippen LogP contribution in [0, 0.1) is 0 Å².